The number of aromatic nitrogens is 2. The van der Waals surface area contributed by atoms with Crippen LogP contribution in [0.2, 0.25) is 0 Å². The highest BCUT2D eigenvalue weighted by molar-refractivity contribution is 7.80. The maximum Gasteiger partial charge on any atom is 0.234 e. The van der Waals surface area contributed by atoms with Gasteiger partial charge in [0, 0.05) is 25.7 Å². The lowest BCUT2D eigenvalue weighted by atomic mass is 10.2. The van der Waals surface area contributed by atoms with Crippen molar-refractivity contribution in [1.82, 2.24) is 15.3 Å². The first-order valence-electron chi connectivity index (χ1n) is 9.02. The Morgan fingerprint density at radius 3 is 2.62 bits per heavy atom. The Morgan fingerprint density at radius 1 is 1.19 bits per heavy atom. The summed E-state index contributed by atoms with van der Waals surface area (Å²) < 4.78 is 5.92. The van der Waals surface area contributed by atoms with Gasteiger partial charge < -0.3 is 20.3 Å². The largest absolute Gasteiger partial charge is 0.439 e. The summed E-state index contributed by atoms with van der Waals surface area (Å²) in [5.74, 6) is 3.05. The molecule has 0 spiro atoms. The lowest BCUT2D eigenvalue weighted by Gasteiger charge is -2.19. The predicted octanol–water partition coefficient (Wildman–Crippen LogP) is 3.81. The first-order valence-corrected chi connectivity index (χ1v) is 9.43. The molecule has 2 aromatic rings. The van der Waals surface area contributed by atoms with Gasteiger partial charge in [0.05, 0.1) is 0 Å². The Balaban J connectivity index is 1.79. The summed E-state index contributed by atoms with van der Waals surface area (Å²) in [6.45, 7) is 7.05. The minimum absolute atomic E-state index is 0.446. The SMILES string of the molecule is CC(C)CNC(=S)Nc1nc(Oc2ccccc2)cc(N2CCCC2)n1. The molecule has 2 heterocycles. The van der Waals surface area contributed by atoms with Crippen LogP contribution in [0, 0.1) is 5.92 Å². The summed E-state index contributed by atoms with van der Waals surface area (Å²) in [6, 6.07) is 11.5. The van der Waals surface area contributed by atoms with E-state index >= 15 is 0 Å². The average molecular weight is 372 g/mol. The molecule has 1 aromatic carbocycles. The van der Waals surface area contributed by atoms with Crippen LogP contribution in [-0.2, 0) is 0 Å². The predicted molar refractivity (Wildman–Crippen MR) is 109 cm³/mol. The van der Waals surface area contributed by atoms with Crippen LogP contribution in [0.15, 0.2) is 36.4 Å². The zero-order chi connectivity index (χ0) is 18.4. The standard InChI is InChI=1S/C19H25N5OS/c1-14(2)13-20-19(26)23-18-21-16(24-10-6-7-11-24)12-17(22-18)25-15-8-4-3-5-9-15/h3-5,8-9,12,14H,6-7,10-11,13H2,1-2H3,(H2,20,21,22,23,26). The van der Waals surface area contributed by atoms with Crippen molar-refractivity contribution in [2.45, 2.75) is 26.7 Å². The zero-order valence-electron chi connectivity index (χ0n) is 15.2. The van der Waals surface area contributed by atoms with E-state index in [4.69, 9.17) is 17.0 Å². The van der Waals surface area contributed by atoms with Crippen molar-refractivity contribution < 1.29 is 4.74 Å². The van der Waals surface area contributed by atoms with Crippen molar-refractivity contribution in [3.8, 4) is 11.6 Å². The van der Waals surface area contributed by atoms with Crippen LogP contribution in [0.5, 0.6) is 11.6 Å². The molecule has 1 saturated heterocycles. The molecule has 0 aliphatic carbocycles. The van der Waals surface area contributed by atoms with E-state index in [0.29, 0.717) is 22.9 Å². The van der Waals surface area contributed by atoms with E-state index in [9.17, 15) is 0 Å². The Labute approximate surface area is 160 Å². The second kappa shape index (κ2) is 8.80. The van der Waals surface area contributed by atoms with Crippen molar-refractivity contribution in [2.24, 2.45) is 5.92 Å². The van der Waals surface area contributed by atoms with E-state index in [1.54, 1.807) is 0 Å². The molecular weight excluding hydrogens is 346 g/mol. The fourth-order valence-corrected chi connectivity index (χ4v) is 2.86. The van der Waals surface area contributed by atoms with Crippen molar-refractivity contribution in [1.29, 1.82) is 0 Å². The Hall–Kier alpha value is -2.41. The van der Waals surface area contributed by atoms with Crippen molar-refractivity contribution >= 4 is 29.1 Å². The van der Waals surface area contributed by atoms with E-state index in [1.807, 2.05) is 36.4 Å². The topological polar surface area (TPSA) is 62.3 Å². The van der Waals surface area contributed by atoms with Gasteiger partial charge in [-0.15, -0.1) is 0 Å². The summed E-state index contributed by atoms with van der Waals surface area (Å²) >= 11 is 5.35. The smallest absolute Gasteiger partial charge is 0.234 e. The van der Waals surface area contributed by atoms with Crippen LogP contribution >= 0.6 is 12.2 Å². The van der Waals surface area contributed by atoms with Crippen LogP contribution in [0.3, 0.4) is 0 Å². The van der Waals surface area contributed by atoms with Gasteiger partial charge in [-0.25, -0.2) is 0 Å². The highest BCUT2D eigenvalue weighted by atomic mass is 32.1. The average Bonchev–Trinajstić information content (AvgIpc) is 3.15. The summed E-state index contributed by atoms with van der Waals surface area (Å²) in [6.07, 6.45) is 2.35. The number of ether oxygens (including phenoxy) is 1. The Kier molecular flexibility index (Phi) is 6.22. The van der Waals surface area contributed by atoms with Gasteiger partial charge in [0.2, 0.25) is 11.8 Å². The van der Waals surface area contributed by atoms with Gasteiger partial charge in [-0.05, 0) is 43.1 Å². The molecule has 2 N–H and O–H groups in total. The minimum atomic E-state index is 0.446. The Morgan fingerprint density at radius 2 is 1.92 bits per heavy atom. The quantitative estimate of drug-likeness (QED) is 0.749. The number of hydrogen-bond acceptors (Lipinski definition) is 5. The molecule has 26 heavy (non-hydrogen) atoms. The monoisotopic (exact) mass is 371 g/mol. The van der Waals surface area contributed by atoms with Gasteiger partial charge >= 0.3 is 0 Å². The van der Waals surface area contributed by atoms with Crippen molar-refractivity contribution in [3.63, 3.8) is 0 Å². The number of thiocarbonyl (C=S) groups is 1. The molecule has 1 fully saturated rings. The fraction of sp³-hybridized carbons (Fsp3) is 0.421. The van der Waals surface area contributed by atoms with Crippen LogP contribution in [0.25, 0.3) is 0 Å². The maximum absolute atomic E-state index is 5.92. The molecule has 0 atom stereocenters. The second-order valence-corrected chi connectivity index (χ2v) is 7.13. The van der Waals surface area contributed by atoms with E-state index < -0.39 is 0 Å². The molecule has 0 amide bonds. The van der Waals surface area contributed by atoms with Gasteiger partial charge in [-0.2, -0.15) is 9.97 Å². The van der Waals surface area contributed by atoms with E-state index in [1.165, 1.54) is 12.8 Å². The fourth-order valence-electron chi connectivity index (χ4n) is 2.68. The van der Waals surface area contributed by atoms with Crippen LogP contribution < -0.4 is 20.3 Å². The van der Waals surface area contributed by atoms with E-state index in [-0.39, 0.29) is 0 Å². The number of para-hydroxylation sites is 1. The number of rotatable bonds is 6. The van der Waals surface area contributed by atoms with Crippen molar-refractivity contribution in [3.05, 3.63) is 36.4 Å². The highest BCUT2D eigenvalue weighted by Gasteiger charge is 2.17. The molecule has 3 rings (SSSR count). The molecule has 0 radical (unpaired) electrons. The molecule has 0 bridgehead atoms. The van der Waals surface area contributed by atoms with Gasteiger partial charge in [0.1, 0.15) is 11.6 Å². The van der Waals surface area contributed by atoms with Crippen LogP contribution in [0.4, 0.5) is 11.8 Å². The van der Waals surface area contributed by atoms with Crippen LogP contribution in [-0.4, -0.2) is 34.7 Å². The van der Waals surface area contributed by atoms with Crippen LogP contribution in [0.1, 0.15) is 26.7 Å². The first-order chi connectivity index (χ1) is 12.6. The van der Waals surface area contributed by atoms with Crippen molar-refractivity contribution in [2.75, 3.05) is 29.9 Å². The third-order valence-electron chi connectivity index (χ3n) is 3.98. The minimum Gasteiger partial charge on any atom is -0.439 e. The van der Waals surface area contributed by atoms with Gasteiger partial charge in [-0.3, -0.25) is 0 Å². The highest BCUT2D eigenvalue weighted by Crippen LogP contribution is 2.26. The second-order valence-electron chi connectivity index (χ2n) is 6.73. The third-order valence-corrected chi connectivity index (χ3v) is 4.23. The van der Waals surface area contributed by atoms with Gasteiger partial charge in [-0.1, -0.05) is 32.0 Å². The number of nitrogens with zero attached hydrogens (tertiary/aromatic N) is 3. The zero-order valence-corrected chi connectivity index (χ0v) is 16.1. The molecule has 1 aromatic heterocycles. The first kappa shape index (κ1) is 18.4. The molecule has 1 aliphatic rings. The lowest BCUT2D eigenvalue weighted by molar-refractivity contribution is 0.462. The molecule has 7 heteroatoms. The van der Waals surface area contributed by atoms with Gasteiger partial charge in [0.15, 0.2) is 5.11 Å². The number of hydrogen-bond donors (Lipinski definition) is 2. The summed E-state index contributed by atoms with van der Waals surface area (Å²) in [7, 11) is 0. The molecule has 0 saturated carbocycles. The lowest BCUT2D eigenvalue weighted by Crippen LogP contribution is -2.32. The molecule has 6 nitrogen and oxygen atoms in total. The maximum atomic E-state index is 5.92. The summed E-state index contributed by atoms with van der Waals surface area (Å²) in [5, 5.41) is 6.77. The normalized spacial score (nSPS) is 13.7. The van der Waals surface area contributed by atoms with E-state index in [0.717, 1.165) is 31.2 Å². The van der Waals surface area contributed by atoms with Gasteiger partial charge in [0.25, 0.3) is 0 Å². The number of anilines is 2. The Bertz CT molecular complexity index is 732. The number of benzene rings is 1. The molecule has 138 valence electrons. The van der Waals surface area contributed by atoms with E-state index in [2.05, 4.69) is 39.3 Å². The third kappa shape index (κ3) is 5.29. The molecule has 0 unspecified atom stereocenters. The number of nitrogens with one attached hydrogen (secondary N) is 2. The summed E-state index contributed by atoms with van der Waals surface area (Å²) in [4.78, 5) is 11.3. The molecule has 1 aliphatic heterocycles. The summed E-state index contributed by atoms with van der Waals surface area (Å²) in [5.41, 5.74) is 0. The molecular formula is C19H25N5OS.